The molecule has 1 unspecified atom stereocenters. The summed E-state index contributed by atoms with van der Waals surface area (Å²) in [5.41, 5.74) is 6.56. The Balaban J connectivity index is 2.73. The summed E-state index contributed by atoms with van der Waals surface area (Å²) in [6.07, 6.45) is 0. The van der Waals surface area contributed by atoms with Crippen molar-refractivity contribution in [3.63, 3.8) is 0 Å². The second kappa shape index (κ2) is 6.47. The minimum Gasteiger partial charge on any atom is -0.482 e. The summed E-state index contributed by atoms with van der Waals surface area (Å²) in [6.45, 7) is 3.77. The van der Waals surface area contributed by atoms with Gasteiger partial charge in [0.25, 0.3) is 0 Å². The predicted molar refractivity (Wildman–Crippen MR) is 66.2 cm³/mol. The molecule has 0 aromatic heterocycles. The molecule has 0 spiro atoms. The van der Waals surface area contributed by atoms with Crippen molar-refractivity contribution < 1.29 is 14.3 Å². The van der Waals surface area contributed by atoms with Gasteiger partial charge in [0, 0.05) is 16.6 Å². The standard InChI is InChI=1S/C12H16ClNO3/c1-3-16-12(15)7-17-11-5-4-9(13)6-10(11)8(2)14/h4-6,8H,3,7,14H2,1-2H3. The van der Waals surface area contributed by atoms with Gasteiger partial charge in [0.05, 0.1) is 6.61 Å². The van der Waals surface area contributed by atoms with E-state index in [2.05, 4.69) is 0 Å². The van der Waals surface area contributed by atoms with Crippen molar-refractivity contribution in [1.29, 1.82) is 0 Å². The number of hydrogen-bond acceptors (Lipinski definition) is 4. The third kappa shape index (κ3) is 4.24. The van der Waals surface area contributed by atoms with Crippen molar-refractivity contribution in [2.75, 3.05) is 13.2 Å². The van der Waals surface area contributed by atoms with E-state index in [9.17, 15) is 4.79 Å². The topological polar surface area (TPSA) is 61.5 Å². The highest BCUT2D eigenvalue weighted by Crippen LogP contribution is 2.27. The molecule has 0 radical (unpaired) electrons. The Morgan fingerprint density at radius 2 is 2.24 bits per heavy atom. The van der Waals surface area contributed by atoms with Gasteiger partial charge in [-0.25, -0.2) is 4.79 Å². The lowest BCUT2D eigenvalue weighted by Crippen LogP contribution is -2.16. The van der Waals surface area contributed by atoms with Gasteiger partial charge in [-0.1, -0.05) is 11.6 Å². The largest absolute Gasteiger partial charge is 0.482 e. The molecule has 1 aromatic carbocycles. The summed E-state index contributed by atoms with van der Waals surface area (Å²) in [5.74, 6) is 0.149. The van der Waals surface area contributed by atoms with Crippen LogP contribution in [0, 0.1) is 0 Å². The maximum absolute atomic E-state index is 11.2. The van der Waals surface area contributed by atoms with Crippen LogP contribution < -0.4 is 10.5 Å². The van der Waals surface area contributed by atoms with Gasteiger partial charge < -0.3 is 15.2 Å². The second-order valence-corrected chi connectivity index (χ2v) is 4.00. The molecule has 0 fully saturated rings. The van der Waals surface area contributed by atoms with Crippen molar-refractivity contribution in [2.24, 2.45) is 5.73 Å². The number of ether oxygens (including phenoxy) is 2. The summed E-state index contributed by atoms with van der Waals surface area (Å²) in [4.78, 5) is 11.2. The van der Waals surface area contributed by atoms with E-state index >= 15 is 0 Å². The zero-order valence-corrected chi connectivity index (χ0v) is 10.7. The number of carbonyl (C=O) groups is 1. The SMILES string of the molecule is CCOC(=O)COc1ccc(Cl)cc1C(C)N. The minimum atomic E-state index is -0.405. The molecule has 0 saturated heterocycles. The van der Waals surface area contributed by atoms with Gasteiger partial charge in [-0.3, -0.25) is 0 Å². The Bertz CT molecular complexity index is 393. The van der Waals surface area contributed by atoms with Crippen LogP contribution in [0.4, 0.5) is 0 Å². The van der Waals surface area contributed by atoms with Gasteiger partial charge in [0.15, 0.2) is 6.61 Å². The Morgan fingerprint density at radius 3 is 2.82 bits per heavy atom. The number of carbonyl (C=O) groups excluding carboxylic acids is 1. The molecule has 0 bridgehead atoms. The molecule has 0 amide bonds. The van der Waals surface area contributed by atoms with Gasteiger partial charge in [-0.05, 0) is 32.0 Å². The molecule has 0 aliphatic rings. The van der Waals surface area contributed by atoms with E-state index in [1.165, 1.54) is 0 Å². The summed E-state index contributed by atoms with van der Waals surface area (Å²) in [6, 6.07) is 4.90. The highest BCUT2D eigenvalue weighted by molar-refractivity contribution is 6.30. The van der Waals surface area contributed by atoms with Crippen LogP contribution in [-0.2, 0) is 9.53 Å². The molecule has 1 aromatic rings. The minimum absolute atomic E-state index is 0.130. The molecule has 4 nitrogen and oxygen atoms in total. The maximum atomic E-state index is 11.2. The molecule has 0 aliphatic heterocycles. The Morgan fingerprint density at radius 1 is 1.53 bits per heavy atom. The lowest BCUT2D eigenvalue weighted by molar-refractivity contribution is -0.145. The smallest absolute Gasteiger partial charge is 0.344 e. The van der Waals surface area contributed by atoms with Crippen LogP contribution in [0.3, 0.4) is 0 Å². The molecule has 0 heterocycles. The van der Waals surface area contributed by atoms with Gasteiger partial charge in [0.1, 0.15) is 5.75 Å². The van der Waals surface area contributed by atoms with Crippen LogP contribution in [0.5, 0.6) is 5.75 Å². The summed E-state index contributed by atoms with van der Waals surface area (Å²) in [7, 11) is 0. The van der Waals surface area contributed by atoms with Crippen molar-refractivity contribution >= 4 is 17.6 Å². The molecule has 0 aliphatic carbocycles. The number of nitrogens with two attached hydrogens (primary N) is 1. The molecule has 1 rings (SSSR count). The Hall–Kier alpha value is -1.26. The Labute approximate surface area is 106 Å². The maximum Gasteiger partial charge on any atom is 0.344 e. The number of esters is 1. The van der Waals surface area contributed by atoms with E-state index in [-0.39, 0.29) is 12.6 Å². The lowest BCUT2D eigenvalue weighted by Gasteiger charge is -2.13. The van der Waals surface area contributed by atoms with Crippen LogP contribution in [0.15, 0.2) is 18.2 Å². The average molecular weight is 258 g/mol. The first-order valence-corrected chi connectivity index (χ1v) is 5.75. The van der Waals surface area contributed by atoms with Crippen LogP contribution in [0.25, 0.3) is 0 Å². The summed E-state index contributed by atoms with van der Waals surface area (Å²) < 4.78 is 10.1. The van der Waals surface area contributed by atoms with Crippen LogP contribution in [0.2, 0.25) is 5.02 Å². The van der Waals surface area contributed by atoms with E-state index in [4.69, 9.17) is 26.8 Å². The fraction of sp³-hybridized carbons (Fsp3) is 0.417. The zero-order chi connectivity index (χ0) is 12.8. The average Bonchev–Trinajstić information content (AvgIpc) is 2.27. The summed E-state index contributed by atoms with van der Waals surface area (Å²) in [5, 5.41) is 0.584. The van der Waals surface area contributed by atoms with Crippen LogP contribution in [-0.4, -0.2) is 19.2 Å². The molecule has 5 heteroatoms. The first-order chi connectivity index (χ1) is 8.04. The number of hydrogen-bond donors (Lipinski definition) is 1. The molecule has 17 heavy (non-hydrogen) atoms. The fourth-order valence-corrected chi connectivity index (χ4v) is 1.53. The third-order valence-corrected chi connectivity index (χ3v) is 2.35. The third-order valence-electron chi connectivity index (χ3n) is 2.11. The van der Waals surface area contributed by atoms with E-state index in [1.54, 1.807) is 25.1 Å². The van der Waals surface area contributed by atoms with Gasteiger partial charge in [-0.2, -0.15) is 0 Å². The fourth-order valence-electron chi connectivity index (χ4n) is 1.35. The van der Waals surface area contributed by atoms with Crippen molar-refractivity contribution in [2.45, 2.75) is 19.9 Å². The summed E-state index contributed by atoms with van der Waals surface area (Å²) >= 11 is 5.87. The van der Waals surface area contributed by atoms with Crippen LogP contribution in [0.1, 0.15) is 25.5 Å². The van der Waals surface area contributed by atoms with Crippen LogP contribution >= 0.6 is 11.6 Å². The lowest BCUT2D eigenvalue weighted by atomic mass is 10.1. The monoisotopic (exact) mass is 257 g/mol. The normalized spacial score (nSPS) is 12.0. The van der Waals surface area contributed by atoms with Gasteiger partial charge in [-0.15, -0.1) is 0 Å². The van der Waals surface area contributed by atoms with Crippen molar-refractivity contribution in [1.82, 2.24) is 0 Å². The number of benzene rings is 1. The molecule has 94 valence electrons. The highest BCUT2D eigenvalue weighted by atomic mass is 35.5. The molecule has 1 atom stereocenters. The van der Waals surface area contributed by atoms with Gasteiger partial charge in [0.2, 0.25) is 0 Å². The van der Waals surface area contributed by atoms with E-state index in [0.29, 0.717) is 17.4 Å². The number of halogens is 1. The Kier molecular flexibility index (Phi) is 5.25. The number of rotatable bonds is 5. The van der Waals surface area contributed by atoms with Crippen molar-refractivity contribution in [3.05, 3.63) is 28.8 Å². The molecular formula is C12H16ClNO3. The van der Waals surface area contributed by atoms with Crippen molar-refractivity contribution in [3.8, 4) is 5.75 Å². The molecular weight excluding hydrogens is 242 g/mol. The first kappa shape index (κ1) is 13.8. The highest BCUT2D eigenvalue weighted by Gasteiger charge is 2.11. The van der Waals surface area contributed by atoms with E-state index in [0.717, 1.165) is 5.56 Å². The molecule has 0 saturated carbocycles. The van der Waals surface area contributed by atoms with E-state index < -0.39 is 5.97 Å². The second-order valence-electron chi connectivity index (χ2n) is 3.56. The molecule has 2 N–H and O–H groups in total. The van der Waals surface area contributed by atoms with E-state index in [1.807, 2.05) is 6.92 Å². The zero-order valence-electron chi connectivity index (χ0n) is 9.90. The predicted octanol–water partition coefficient (Wildman–Crippen LogP) is 2.30. The quantitative estimate of drug-likeness (QED) is 0.823. The first-order valence-electron chi connectivity index (χ1n) is 5.38. The van der Waals surface area contributed by atoms with Gasteiger partial charge >= 0.3 is 5.97 Å².